The molecule has 2 atom stereocenters. The Morgan fingerprint density at radius 3 is 2.77 bits per heavy atom. The standard InChI is InChI=1S/C24H35N3O3S/c1-5-19-11-8-9-14-26(19)22(28)18(4)31-24-25-21-13-7-6-12-20(21)23(29)27(24)15-10-16-30-17(2)3/h6-7,12-13,17-19H,5,8-11,14-16H2,1-4H3. The number of amides is 1. The molecule has 0 aliphatic carbocycles. The summed E-state index contributed by atoms with van der Waals surface area (Å²) in [5.41, 5.74) is 0.621. The number of piperidine rings is 1. The average molecular weight is 446 g/mol. The van der Waals surface area contributed by atoms with Gasteiger partial charge >= 0.3 is 0 Å². The zero-order valence-corrected chi connectivity index (χ0v) is 20.0. The lowest BCUT2D eigenvalue weighted by Crippen LogP contribution is -2.46. The highest BCUT2D eigenvalue weighted by atomic mass is 32.2. The van der Waals surface area contributed by atoms with Crippen LogP contribution in [0.15, 0.2) is 34.2 Å². The average Bonchev–Trinajstić information content (AvgIpc) is 2.77. The molecule has 0 bridgehead atoms. The summed E-state index contributed by atoms with van der Waals surface area (Å²) in [5.74, 6) is 0.147. The number of benzene rings is 1. The first-order valence-electron chi connectivity index (χ1n) is 11.5. The summed E-state index contributed by atoms with van der Waals surface area (Å²) in [6, 6.07) is 7.74. The zero-order valence-electron chi connectivity index (χ0n) is 19.2. The van der Waals surface area contributed by atoms with Crippen molar-refractivity contribution in [3.8, 4) is 0 Å². The minimum Gasteiger partial charge on any atom is -0.379 e. The van der Waals surface area contributed by atoms with Crippen LogP contribution in [0.25, 0.3) is 10.9 Å². The molecule has 2 heterocycles. The molecule has 1 aromatic heterocycles. The van der Waals surface area contributed by atoms with Crippen LogP contribution in [0.4, 0.5) is 0 Å². The molecule has 1 aliphatic heterocycles. The molecule has 170 valence electrons. The first kappa shape index (κ1) is 23.8. The predicted octanol–water partition coefficient (Wildman–Crippen LogP) is 4.48. The summed E-state index contributed by atoms with van der Waals surface area (Å²) < 4.78 is 7.37. The van der Waals surface area contributed by atoms with Crippen molar-refractivity contribution in [2.75, 3.05) is 13.2 Å². The van der Waals surface area contributed by atoms with E-state index >= 15 is 0 Å². The van der Waals surface area contributed by atoms with Gasteiger partial charge in [-0.1, -0.05) is 30.8 Å². The van der Waals surface area contributed by atoms with Crippen LogP contribution in [0.1, 0.15) is 59.8 Å². The Morgan fingerprint density at radius 1 is 1.26 bits per heavy atom. The minimum absolute atomic E-state index is 0.0540. The van der Waals surface area contributed by atoms with Crippen LogP contribution >= 0.6 is 11.8 Å². The molecule has 0 radical (unpaired) electrons. The van der Waals surface area contributed by atoms with Crippen LogP contribution in [-0.4, -0.2) is 50.9 Å². The van der Waals surface area contributed by atoms with E-state index in [4.69, 9.17) is 9.72 Å². The quantitative estimate of drug-likeness (QED) is 0.323. The van der Waals surface area contributed by atoms with E-state index in [1.807, 2.05) is 49.9 Å². The highest BCUT2D eigenvalue weighted by molar-refractivity contribution is 8.00. The van der Waals surface area contributed by atoms with Gasteiger partial charge in [0.2, 0.25) is 5.91 Å². The maximum atomic E-state index is 13.2. The van der Waals surface area contributed by atoms with Gasteiger partial charge in [0, 0.05) is 25.7 Å². The maximum Gasteiger partial charge on any atom is 0.262 e. The number of fused-ring (bicyclic) bond motifs is 1. The van der Waals surface area contributed by atoms with Gasteiger partial charge in [0.15, 0.2) is 5.16 Å². The van der Waals surface area contributed by atoms with E-state index in [0.717, 1.165) is 32.2 Å². The van der Waals surface area contributed by atoms with Gasteiger partial charge < -0.3 is 9.64 Å². The second-order valence-electron chi connectivity index (χ2n) is 8.49. The Kier molecular flexibility index (Phi) is 8.55. The van der Waals surface area contributed by atoms with E-state index in [2.05, 4.69) is 6.92 Å². The number of nitrogens with zero attached hydrogens (tertiary/aromatic N) is 3. The number of ether oxygens (including phenoxy) is 1. The Morgan fingerprint density at radius 2 is 2.03 bits per heavy atom. The van der Waals surface area contributed by atoms with E-state index in [9.17, 15) is 9.59 Å². The van der Waals surface area contributed by atoms with E-state index < -0.39 is 0 Å². The molecule has 1 saturated heterocycles. The first-order chi connectivity index (χ1) is 14.9. The fourth-order valence-electron chi connectivity index (χ4n) is 4.13. The van der Waals surface area contributed by atoms with Gasteiger partial charge in [-0.05, 0) is 65.0 Å². The van der Waals surface area contributed by atoms with E-state index in [0.29, 0.717) is 35.3 Å². The molecule has 3 rings (SSSR count). The normalized spacial score (nSPS) is 18.0. The molecule has 2 unspecified atom stereocenters. The molecular formula is C24H35N3O3S. The highest BCUT2D eigenvalue weighted by Crippen LogP contribution is 2.27. The van der Waals surface area contributed by atoms with Crippen molar-refractivity contribution in [2.24, 2.45) is 0 Å². The summed E-state index contributed by atoms with van der Waals surface area (Å²) >= 11 is 1.40. The highest BCUT2D eigenvalue weighted by Gasteiger charge is 2.30. The molecule has 31 heavy (non-hydrogen) atoms. The van der Waals surface area contributed by atoms with Crippen LogP contribution in [0.3, 0.4) is 0 Å². The molecule has 0 saturated carbocycles. The fourth-order valence-corrected chi connectivity index (χ4v) is 5.14. The van der Waals surface area contributed by atoms with Crippen molar-refractivity contribution >= 4 is 28.6 Å². The van der Waals surface area contributed by atoms with E-state index in [-0.39, 0.29) is 22.8 Å². The molecule has 1 fully saturated rings. The lowest BCUT2D eigenvalue weighted by molar-refractivity contribution is -0.134. The van der Waals surface area contributed by atoms with Gasteiger partial charge in [0.1, 0.15) is 0 Å². The van der Waals surface area contributed by atoms with E-state index in [1.54, 1.807) is 4.57 Å². The second-order valence-corrected chi connectivity index (χ2v) is 9.80. The van der Waals surface area contributed by atoms with Gasteiger partial charge in [-0.2, -0.15) is 0 Å². The molecule has 2 aromatic rings. The number of para-hydroxylation sites is 1. The Balaban J connectivity index is 1.84. The largest absolute Gasteiger partial charge is 0.379 e. The summed E-state index contributed by atoms with van der Waals surface area (Å²) in [7, 11) is 0. The van der Waals surface area contributed by atoms with Gasteiger partial charge in [0.25, 0.3) is 5.56 Å². The van der Waals surface area contributed by atoms with Crippen LogP contribution in [-0.2, 0) is 16.1 Å². The van der Waals surface area contributed by atoms with Crippen molar-refractivity contribution in [3.63, 3.8) is 0 Å². The molecule has 1 amide bonds. The SMILES string of the molecule is CCC1CCCCN1C(=O)C(C)Sc1nc2ccccc2c(=O)n1CCCOC(C)C. The summed E-state index contributed by atoms with van der Waals surface area (Å²) in [4.78, 5) is 33.3. The van der Waals surface area contributed by atoms with Gasteiger partial charge in [-0.3, -0.25) is 14.2 Å². The lowest BCUT2D eigenvalue weighted by atomic mass is 10.00. The van der Waals surface area contributed by atoms with Crippen molar-refractivity contribution in [1.29, 1.82) is 0 Å². The minimum atomic E-state index is -0.293. The smallest absolute Gasteiger partial charge is 0.262 e. The zero-order chi connectivity index (χ0) is 22.4. The number of carbonyl (C=O) groups is 1. The molecule has 6 nitrogen and oxygen atoms in total. The van der Waals surface area contributed by atoms with Gasteiger partial charge in [-0.15, -0.1) is 0 Å². The molecule has 1 aliphatic rings. The number of aromatic nitrogens is 2. The summed E-state index contributed by atoms with van der Waals surface area (Å²) in [6.45, 7) is 10.0. The molecule has 0 spiro atoms. The Hall–Kier alpha value is -1.86. The monoisotopic (exact) mass is 445 g/mol. The predicted molar refractivity (Wildman–Crippen MR) is 127 cm³/mol. The molecule has 1 aromatic carbocycles. The molecular weight excluding hydrogens is 410 g/mol. The summed E-state index contributed by atoms with van der Waals surface area (Å²) in [6.07, 6.45) is 5.20. The first-order valence-corrected chi connectivity index (χ1v) is 12.4. The van der Waals surface area contributed by atoms with Gasteiger partial charge in [-0.25, -0.2) is 4.98 Å². The van der Waals surface area contributed by atoms with Gasteiger partial charge in [0.05, 0.1) is 22.3 Å². The van der Waals surface area contributed by atoms with E-state index in [1.165, 1.54) is 18.2 Å². The van der Waals surface area contributed by atoms with Crippen molar-refractivity contribution in [3.05, 3.63) is 34.6 Å². The lowest BCUT2D eigenvalue weighted by Gasteiger charge is -2.36. The number of rotatable bonds is 9. The van der Waals surface area contributed by atoms with Crippen LogP contribution in [0.2, 0.25) is 0 Å². The number of carbonyl (C=O) groups excluding carboxylic acids is 1. The molecule has 7 heteroatoms. The van der Waals surface area contributed by atoms with Crippen LogP contribution in [0.5, 0.6) is 0 Å². The fraction of sp³-hybridized carbons (Fsp3) is 0.625. The van der Waals surface area contributed by atoms with Crippen molar-refractivity contribution in [2.45, 2.75) is 88.9 Å². The topological polar surface area (TPSA) is 64.4 Å². The third kappa shape index (κ3) is 5.89. The Bertz CT molecular complexity index is 943. The summed E-state index contributed by atoms with van der Waals surface area (Å²) in [5, 5.41) is 0.926. The number of likely N-dealkylation sites (tertiary alicyclic amines) is 1. The second kappa shape index (κ2) is 11.1. The van der Waals surface area contributed by atoms with Crippen molar-refractivity contribution in [1.82, 2.24) is 14.5 Å². The number of hydrogen-bond donors (Lipinski definition) is 0. The van der Waals surface area contributed by atoms with Crippen LogP contribution in [0, 0.1) is 0 Å². The number of hydrogen-bond acceptors (Lipinski definition) is 5. The third-order valence-corrected chi connectivity index (χ3v) is 6.89. The Labute approximate surface area is 189 Å². The van der Waals surface area contributed by atoms with Crippen molar-refractivity contribution < 1.29 is 9.53 Å². The third-order valence-electron chi connectivity index (χ3n) is 5.82. The van der Waals surface area contributed by atoms with Crippen LogP contribution < -0.4 is 5.56 Å². The number of thioether (sulfide) groups is 1. The maximum absolute atomic E-state index is 13.2. The molecule has 0 N–H and O–H groups in total.